The van der Waals surface area contributed by atoms with Crippen LogP contribution in [0.25, 0.3) is 11.3 Å². The maximum absolute atomic E-state index is 11.8. The first-order chi connectivity index (χ1) is 11.2. The molecule has 0 radical (unpaired) electrons. The Morgan fingerprint density at radius 1 is 1.35 bits per heavy atom. The molecule has 7 nitrogen and oxygen atoms in total. The molecule has 0 spiro atoms. The number of aromatic nitrogens is 4. The van der Waals surface area contributed by atoms with Crippen molar-refractivity contribution in [3.8, 4) is 11.3 Å². The molecule has 23 heavy (non-hydrogen) atoms. The van der Waals surface area contributed by atoms with E-state index in [1.54, 1.807) is 23.3 Å². The minimum atomic E-state index is -0.238. The molecule has 0 saturated carbocycles. The van der Waals surface area contributed by atoms with Gasteiger partial charge in [0.2, 0.25) is 0 Å². The lowest BCUT2D eigenvalue weighted by atomic mass is 10.1. The summed E-state index contributed by atoms with van der Waals surface area (Å²) in [7, 11) is 0. The summed E-state index contributed by atoms with van der Waals surface area (Å²) in [6.07, 6.45) is 4.89. The average Bonchev–Trinajstić information content (AvgIpc) is 3.18. The molecule has 7 heteroatoms. The molecular weight excluding hydrogens is 292 g/mol. The van der Waals surface area contributed by atoms with Gasteiger partial charge in [-0.15, -0.1) is 0 Å². The Labute approximate surface area is 133 Å². The third kappa shape index (κ3) is 3.52. The van der Waals surface area contributed by atoms with E-state index in [-0.39, 0.29) is 12.5 Å². The predicted molar refractivity (Wildman–Crippen MR) is 86.7 cm³/mol. The second-order valence-electron chi connectivity index (χ2n) is 4.99. The normalized spacial score (nSPS) is 11.0. The van der Waals surface area contributed by atoms with E-state index in [2.05, 4.69) is 25.8 Å². The van der Waals surface area contributed by atoms with Crippen LogP contribution in [0.3, 0.4) is 0 Å². The Kier molecular flexibility index (Phi) is 4.28. The summed E-state index contributed by atoms with van der Waals surface area (Å²) in [6, 6.07) is 11.6. The number of rotatable bonds is 5. The Morgan fingerprint density at radius 3 is 2.91 bits per heavy atom. The Bertz CT molecular complexity index is 818. The van der Waals surface area contributed by atoms with Crippen LogP contribution in [-0.4, -0.2) is 32.1 Å². The smallest absolute Gasteiger partial charge is 0.261 e. The van der Waals surface area contributed by atoms with Gasteiger partial charge in [-0.05, 0) is 13.0 Å². The lowest BCUT2D eigenvalue weighted by molar-refractivity contribution is -0.121. The second-order valence-corrected chi connectivity index (χ2v) is 4.99. The van der Waals surface area contributed by atoms with E-state index in [1.807, 2.05) is 43.3 Å². The van der Waals surface area contributed by atoms with Gasteiger partial charge in [0, 0.05) is 23.0 Å². The van der Waals surface area contributed by atoms with Crippen LogP contribution < -0.4 is 5.43 Å². The molecule has 0 aliphatic heterocycles. The van der Waals surface area contributed by atoms with Crippen LogP contribution in [0.2, 0.25) is 0 Å². The second kappa shape index (κ2) is 6.69. The molecule has 116 valence electrons. The molecule has 2 aromatic heterocycles. The highest BCUT2D eigenvalue weighted by Crippen LogP contribution is 2.18. The third-order valence-electron chi connectivity index (χ3n) is 3.35. The number of carbonyl (C=O) groups excluding carboxylic acids is 1. The van der Waals surface area contributed by atoms with Gasteiger partial charge in [-0.25, -0.2) is 5.43 Å². The van der Waals surface area contributed by atoms with Crippen molar-refractivity contribution >= 4 is 12.1 Å². The van der Waals surface area contributed by atoms with E-state index in [4.69, 9.17) is 0 Å². The fourth-order valence-corrected chi connectivity index (χ4v) is 2.14. The topological polar surface area (TPSA) is 88.0 Å². The van der Waals surface area contributed by atoms with Gasteiger partial charge >= 0.3 is 0 Å². The largest absolute Gasteiger partial charge is 0.277 e. The van der Waals surface area contributed by atoms with Crippen molar-refractivity contribution in [2.45, 2.75) is 13.5 Å². The number of nitrogens with zero attached hydrogens (tertiary/aromatic N) is 4. The van der Waals surface area contributed by atoms with Gasteiger partial charge < -0.3 is 0 Å². The molecule has 2 heterocycles. The van der Waals surface area contributed by atoms with Crippen LogP contribution in [0.5, 0.6) is 0 Å². The minimum absolute atomic E-state index is 0.132. The highest BCUT2D eigenvalue weighted by atomic mass is 16.2. The molecule has 3 rings (SSSR count). The van der Waals surface area contributed by atoms with Crippen LogP contribution in [0.15, 0.2) is 53.9 Å². The summed E-state index contributed by atoms with van der Waals surface area (Å²) >= 11 is 0. The zero-order chi connectivity index (χ0) is 16.1. The number of H-pyrrole nitrogens is 1. The average molecular weight is 308 g/mol. The molecule has 0 aliphatic rings. The zero-order valence-corrected chi connectivity index (χ0v) is 12.6. The maximum Gasteiger partial charge on any atom is 0.261 e. The number of aromatic amines is 1. The van der Waals surface area contributed by atoms with Gasteiger partial charge in [-0.2, -0.15) is 15.3 Å². The van der Waals surface area contributed by atoms with Crippen LogP contribution in [0.4, 0.5) is 0 Å². The van der Waals surface area contributed by atoms with Crippen molar-refractivity contribution < 1.29 is 4.79 Å². The first kappa shape index (κ1) is 14.7. The molecule has 3 aromatic rings. The summed E-state index contributed by atoms with van der Waals surface area (Å²) in [5.74, 6) is -0.238. The Morgan fingerprint density at radius 2 is 2.17 bits per heavy atom. The lowest BCUT2D eigenvalue weighted by Gasteiger charge is -2.02. The molecule has 0 saturated heterocycles. The summed E-state index contributed by atoms with van der Waals surface area (Å²) in [5.41, 5.74) is 6.07. The van der Waals surface area contributed by atoms with E-state index in [9.17, 15) is 4.79 Å². The molecule has 0 unspecified atom stereocenters. The van der Waals surface area contributed by atoms with Gasteiger partial charge in [-0.1, -0.05) is 30.3 Å². The van der Waals surface area contributed by atoms with Crippen LogP contribution in [0, 0.1) is 6.92 Å². The van der Waals surface area contributed by atoms with Crippen molar-refractivity contribution in [2.24, 2.45) is 5.10 Å². The Balaban J connectivity index is 1.64. The minimum Gasteiger partial charge on any atom is -0.277 e. The van der Waals surface area contributed by atoms with E-state index in [0.717, 1.165) is 22.5 Å². The summed E-state index contributed by atoms with van der Waals surface area (Å²) < 4.78 is 1.61. The zero-order valence-electron chi connectivity index (χ0n) is 12.6. The van der Waals surface area contributed by atoms with Crippen molar-refractivity contribution in [3.05, 3.63) is 60.0 Å². The first-order valence-electron chi connectivity index (χ1n) is 7.13. The SMILES string of the molecule is Cc1ccnn1CC(=O)N/N=C/c1cn[nH]c1-c1ccccc1. The van der Waals surface area contributed by atoms with Gasteiger partial charge in [0.15, 0.2) is 0 Å². The number of carbonyl (C=O) groups is 1. The number of nitrogens with one attached hydrogen (secondary N) is 2. The Hall–Kier alpha value is -3.22. The van der Waals surface area contributed by atoms with E-state index in [0.29, 0.717) is 0 Å². The molecule has 0 atom stereocenters. The molecule has 1 aromatic carbocycles. The molecule has 0 bridgehead atoms. The van der Waals surface area contributed by atoms with Crippen LogP contribution in [-0.2, 0) is 11.3 Å². The highest BCUT2D eigenvalue weighted by molar-refractivity contribution is 5.89. The van der Waals surface area contributed by atoms with E-state index >= 15 is 0 Å². The van der Waals surface area contributed by atoms with Gasteiger partial charge in [0.1, 0.15) is 6.54 Å². The van der Waals surface area contributed by atoms with Crippen molar-refractivity contribution in [2.75, 3.05) is 0 Å². The number of hydrogen-bond acceptors (Lipinski definition) is 4. The van der Waals surface area contributed by atoms with Gasteiger partial charge in [0.25, 0.3) is 5.91 Å². The molecule has 2 N–H and O–H groups in total. The molecule has 1 amide bonds. The third-order valence-corrected chi connectivity index (χ3v) is 3.35. The van der Waals surface area contributed by atoms with Gasteiger partial charge in [-0.3, -0.25) is 14.6 Å². The molecular formula is C16H16N6O. The number of benzene rings is 1. The van der Waals surface area contributed by atoms with Gasteiger partial charge in [0.05, 0.1) is 18.1 Å². The van der Waals surface area contributed by atoms with E-state index in [1.165, 1.54) is 0 Å². The van der Waals surface area contributed by atoms with E-state index < -0.39 is 0 Å². The first-order valence-corrected chi connectivity index (χ1v) is 7.13. The number of hydrogen-bond donors (Lipinski definition) is 2. The predicted octanol–water partition coefficient (Wildman–Crippen LogP) is 1.73. The van der Waals surface area contributed by atoms with Crippen LogP contribution in [0.1, 0.15) is 11.3 Å². The standard InChI is InChI=1S/C16H16N6O/c1-12-7-8-19-22(12)11-15(23)20-17-9-14-10-18-21-16(14)13-5-3-2-4-6-13/h2-10H,11H2,1H3,(H,18,21)(H,20,23)/b17-9+. The fourth-order valence-electron chi connectivity index (χ4n) is 2.14. The number of amides is 1. The van der Waals surface area contributed by atoms with Crippen molar-refractivity contribution in [1.82, 2.24) is 25.4 Å². The number of aryl methyl sites for hydroxylation is 1. The fraction of sp³-hybridized carbons (Fsp3) is 0.125. The van der Waals surface area contributed by atoms with Crippen LogP contribution >= 0.6 is 0 Å². The quantitative estimate of drug-likeness (QED) is 0.556. The maximum atomic E-state index is 11.8. The number of hydrazone groups is 1. The lowest BCUT2D eigenvalue weighted by Crippen LogP contribution is -2.24. The van der Waals surface area contributed by atoms with Crippen molar-refractivity contribution in [3.63, 3.8) is 0 Å². The molecule has 0 fully saturated rings. The van der Waals surface area contributed by atoms with Crippen molar-refractivity contribution in [1.29, 1.82) is 0 Å². The monoisotopic (exact) mass is 308 g/mol. The summed E-state index contributed by atoms with van der Waals surface area (Å²) in [5, 5.41) is 15.0. The highest BCUT2D eigenvalue weighted by Gasteiger charge is 2.06. The molecule has 0 aliphatic carbocycles. The summed E-state index contributed by atoms with van der Waals surface area (Å²) in [6.45, 7) is 2.02. The summed E-state index contributed by atoms with van der Waals surface area (Å²) in [4.78, 5) is 11.8.